The van der Waals surface area contributed by atoms with Crippen LogP contribution in [0.2, 0.25) is 0 Å². The van der Waals surface area contributed by atoms with E-state index in [1.165, 1.54) is 6.33 Å². The monoisotopic (exact) mass is 273 g/mol. The molecule has 0 fully saturated rings. The number of nitrogens with one attached hydrogen (secondary N) is 2. The molecule has 0 aliphatic rings. The number of aromatic amines is 1. The second-order valence-corrected chi connectivity index (χ2v) is 4.57. The van der Waals surface area contributed by atoms with E-state index in [1.54, 1.807) is 6.92 Å². The van der Waals surface area contributed by atoms with E-state index >= 15 is 0 Å². The summed E-state index contributed by atoms with van der Waals surface area (Å²) in [4.78, 5) is 30.2. The van der Waals surface area contributed by atoms with Crippen LogP contribution < -0.4 is 10.9 Å². The fourth-order valence-corrected chi connectivity index (χ4v) is 2.61. The van der Waals surface area contributed by atoms with Crippen LogP contribution in [-0.2, 0) is 0 Å². The molecular weight excluding hydrogens is 264 g/mol. The zero-order chi connectivity index (χ0) is 13.3. The van der Waals surface area contributed by atoms with Crippen molar-refractivity contribution in [2.24, 2.45) is 0 Å². The summed E-state index contributed by atoms with van der Waals surface area (Å²) in [6.45, 7) is 0.878. The number of carbonyl (C=O) groups is 1. The quantitative estimate of drug-likeness (QED) is 0.884. The Bertz CT molecular complexity index is 650. The lowest BCUT2D eigenvalue weighted by Crippen LogP contribution is -2.28. The number of nitrogens with zero attached hydrogens (tertiary/aromatic N) is 1. The van der Waals surface area contributed by atoms with E-state index < -0.39 is 18.9 Å². The number of rotatable bonds is 3. The Labute approximate surface area is 104 Å². The van der Waals surface area contributed by atoms with Gasteiger partial charge in [0, 0.05) is 0 Å². The van der Waals surface area contributed by atoms with Crippen LogP contribution in [0, 0.1) is 6.92 Å². The number of hydrogen-bond donors (Lipinski definition) is 2. The highest BCUT2D eigenvalue weighted by Crippen LogP contribution is 2.26. The molecule has 18 heavy (non-hydrogen) atoms. The van der Waals surface area contributed by atoms with Crippen LogP contribution in [-0.4, -0.2) is 28.8 Å². The van der Waals surface area contributed by atoms with Crippen LogP contribution in [0.5, 0.6) is 0 Å². The molecule has 0 radical (unpaired) electrons. The number of alkyl halides is 2. The van der Waals surface area contributed by atoms with E-state index in [0.717, 1.165) is 11.3 Å². The third-order valence-corrected chi connectivity index (χ3v) is 3.55. The van der Waals surface area contributed by atoms with E-state index in [2.05, 4.69) is 15.3 Å². The van der Waals surface area contributed by atoms with Gasteiger partial charge in [0.05, 0.1) is 23.1 Å². The Kier molecular flexibility index (Phi) is 3.37. The van der Waals surface area contributed by atoms with Crippen LogP contribution in [0.4, 0.5) is 8.78 Å². The van der Waals surface area contributed by atoms with Gasteiger partial charge in [-0.2, -0.15) is 0 Å². The van der Waals surface area contributed by atoms with Crippen molar-refractivity contribution in [3.8, 4) is 0 Å². The van der Waals surface area contributed by atoms with Crippen LogP contribution in [0.1, 0.15) is 15.2 Å². The molecule has 0 bridgehead atoms. The second kappa shape index (κ2) is 4.81. The maximum absolute atomic E-state index is 12.0. The Morgan fingerprint density at radius 3 is 2.94 bits per heavy atom. The first-order valence-electron chi connectivity index (χ1n) is 5.04. The molecule has 0 aliphatic heterocycles. The number of aryl methyl sites for hydroxylation is 1. The predicted octanol–water partition coefficient (Wildman–Crippen LogP) is 1.29. The van der Waals surface area contributed by atoms with E-state index in [4.69, 9.17) is 0 Å². The number of amides is 1. The highest BCUT2D eigenvalue weighted by atomic mass is 32.1. The van der Waals surface area contributed by atoms with Crippen molar-refractivity contribution >= 4 is 27.5 Å². The third-order valence-electron chi connectivity index (χ3n) is 2.36. The van der Waals surface area contributed by atoms with Gasteiger partial charge in [-0.25, -0.2) is 13.8 Å². The van der Waals surface area contributed by atoms with Gasteiger partial charge in [0.25, 0.3) is 17.9 Å². The number of thiophene rings is 1. The van der Waals surface area contributed by atoms with Gasteiger partial charge >= 0.3 is 0 Å². The molecule has 2 aromatic rings. The first-order valence-corrected chi connectivity index (χ1v) is 5.85. The van der Waals surface area contributed by atoms with Crippen LogP contribution >= 0.6 is 11.3 Å². The zero-order valence-electron chi connectivity index (χ0n) is 9.29. The average molecular weight is 273 g/mol. The van der Waals surface area contributed by atoms with Gasteiger partial charge in [-0.05, 0) is 12.5 Å². The highest BCUT2D eigenvalue weighted by molar-refractivity contribution is 7.20. The van der Waals surface area contributed by atoms with Crippen molar-refractivity contribution in [1.29, 1.82) is 0 Å². The summed E-state index contributed by atoms with van der Waals surface area (Å²) >= 11 is 1.01. The van der Waals surface area contributed by atoms with Gasteiger partial charge in [-0.3, -0.25) is 9.59 Å². The Morgan fingerprint density at radius 2 is 2.33 bits per heavy atom. The molecule has 0 aromatic carbocycles. The molecule has 5 nitrogen and oxygen atoms in total. The van der Waals surface area contributed by atoms with Gasteiger partial charge in [-0.1, -0.05) is 0 Å². The van der Waals surface area contributed by atoms with Crippen molar-refractivity contribution < 1.29 is 13.6 Å². The van der Waals surface area contributed by atoms with Crippen LogP contribution in [0.15, 0.2) is 11.1 Å². The smallest absolute Gasteiger partial charge is 0.261 e. The molecule has 0 unspecified atom stereocenters. The van der Waals surface area contributed by atoms with Crippen molar-refractivity contribution in [2.45, 2.75) is 13.3 Å². The minimum Gasteiger partial charge on any atom is -0.346 e. The number of fused-ring (bicyclic) bond motifs is 1. The Balaban J connectivity index is 2.40. The maximum Gasteiger partial charge on any atom is 0.261 e. The molecule has 0 saturated heterocycles. The van der Waals surface area contributed by atoms with E-state index in [1.807, 2.05) is 0 Å². The Morgan fingerprint density at radius 1 is 1.61 bits per heavy atom. The van der Waals surface area contributed by atoms with Crippen molar-refractivity contribution in [2.75, 3.05) is 6.54 Å². The fourth-order valence-electron chi connectivity index (χ4n) is 1.54. The van der Waals surface area contributed by atoms with E-state index in [9.17, 15) is 18.4 Å². The molecule has 0 spiro atoms. The SMILES string of the molecule is Cc1c(C(=O)NCC(F)F)sc2nc[nH]c(=O)c12. The number of halogens is 2. The molecular formula is C10H9F2N3O2S. The van der Waals surface area contributed by atoms with Crippen molar-refractivity contribution in [3.63, 3.8) is 0 Å². The minimum absolute atomic E-state index is 0.231. The van der Waals surface area contributed by atoms with Gasteiger partial charge in [-0.15, -0.1) is 11.3 Å². The number of hydrogen-bond acceptors (Lipinski definition) is 4. The molecule has 0 aliphatic carbocycles. The topological polar surface area (TPSA) is 74.8 Å². The molecule has 96 valence electrons. The largest absolute Gasteiger partial charge is 0.346 e. The third kappa shape index (κ3) is 2.23. The van der Waals surface area contributed by atoms with Gasteiger partial charge in [0.2, 0.25) is 0 Å². The summed E-state index contributed by atoms with van der Waals surface area (Å²) in [5.74, 6) is -0.616. The fraction of sp³-hybridized carbons (Fsp3) is 0.300. The van der Waals surface area contributed by atoms with Crippen LogP contribution in [0.3, 0.4) is 0 Å². The lowest BCUT2D eigenvalue weighted by molar-refractivity contribution is 0.0895. The summed E-state index contributed by atoms with van der Waals surface area (Å²) in [5, 5.41) is 2.42. The summed E-state index contributed by atoms with van der Waals surface area (Å²) in [6, 6.07) is 0. The number of H-pyrrole nitrogens is 1. The number of carbonyl (C=O) groups excluding carboxylic acids is 1. The molecule has 2 N–H and O–H groups in total. The first kappa shape index (κ1) is 12.6. The summed E-state index contributed by atoms with van der Waals surface area (Å²) in [7, 11) is 0. The number of aromatic nitrogens is 2. The molecule has 0 atom stereocenters. The van der Waals surface area contributed by atoms with Crippen molar-refractivity contribution in [3.05, 3.63) is 27.1 Å². The second-order valence-electron chi connectivity index (χ2n) is 3.57. The van der Waals surface area contributed by atoms with E-state index in [0.29, 0.717) is 15.8 Å². The molecule has 1 amide bonds. The first-order chi connectivity index (χ1) is 8.50. The summed E-state index contributed by atoms with van der Waals surface area (Å²) in [5.41, 5.74) is 0.109. The van der Waals surface area contributed by atoms with Crippen LogP contribution in [0.25, 0.3) is 10.2 Å². The summed E-state index contributed by atoms with van der Waals surface area (Å²) < 4.78 is 24.0. The minimum atomic E-state index is -2.61. The van der Waals surface area contributed by atoms with Gasteiger partial charge in [0.1, 0.15) is 4.83 Å². The highest BCUT2D eigenvalue weighted by Gasteiger charge is 2.18. The molecule has 2 rings (SSSR count). The molecule has 2 aromatic heterocycles. The zero-order valence-corrected chi connectivity index (χ0v) is 10.1. The average Bonchev–Trinajstić information content (AvgIpc) is 2.65. The van der Waals surface area contributed by atoms with E-state index in [-0.39, 0.29) is 10.4 Å². The summed E-state index contributed by atoms with van der Waals surface area (Å²) in [6.07, 6.45) is -1.37. The normalized spacial score (nSPS) is 11.1. The van der Waals surface area contributed by atoms with Gasteiger partial charge in [0.15, 0.2) is 0 Å². The molecule has 0 saturated carbocycles. The lowest BCUT2D eigenvalue weighted by atomic mass is 10.2. The van der Waals surface area contributed by atoms with Gasteiger partial charge < -0.3 is 10.3 Å². The molecule has 2 heterocycles. The standard InChI is InChI=1S/C10H9F2N3O2S/c1-4-6-8(16)14-3-15-10(6)18-7(4)9(17)13-2-5(11)12/h3,5H,2H2,1H3,(H,13,17)(H,14,15,16). The maximum atomic E-state index is 12.0. The molecule has 8 heteroatoms. The Hall–Kier alpha value is -1.83. The predicted molar refractivity (Wildman–Crippen MR) is 63.3 cm³/mol. The van der Waals surface area contributed by atoms with Crippen molar-refractivity contribution in [1.82, 2.24) is 15.3 Å². The lowest BCUT2D eigenvalue weighted by Gasteiger charge is -2.02.